The van der Waals surface area contributed by atoms with E-state index in [0.29, 0.717) is 6.04 Å². The molecular formula is C15H29N3O. The Balaban J connectivity index is 2.76. The Morgan fingerprint density at radius 1 is 1.37 bits per heavy atom. The van der Waals surface area contributed by atoms with Crippen LogP contribution in [0.4, 0.5) is 0 Å². The van der Waals surface area contributed by atoms with E-state index < -0.39 is 0 Å². The minimum atomic E-state index is 0.264. The van der Waals surface area contributed by atoms with Gasteiger partial charge in [-0.15, -0.1) is 0 Å². The number of aromatic nitrogens is 2. The van der Waals surface area contributed by atoms with Gasteiger partial charge in [-0.05, 0) is 31.7 Å². The molecule has 1 atom stereocenters. The van der Waals surface area contributed by atoms with Crippen molar-refractivity contribution < 1.29 is 4.74 Å². The van der Waals surface area contributed by atoms with Gasteiger partial charge >= 0.3 is 0 Å². The van der Waals surface area contributed by atoms with Crippen molar-refractivity contribution in [2.24, 2.45) is 5.41 Å². The van der Waals surface area contributed by atoms with E-state index in [1.807, 2.05) is 10.9 Å². The Morgan fingerprint density at radius 2 is 2.05 bits per heavy atom. The second-order valence-electron chi connectivity index (χ2n) is 5.99. The maximum absolute atomic E-state index is 5.40. The molecule has 0 bridgehead atoms. The highest BCUT2D eigenvalue weighted by Crippen LogP contribution is 2.26. The molecule has 1 N–H and O–H groups in total. The van der Waals surface area contributed by atoms with Gasteiger partial charge in [0.25, 0.3) is 0 Å². The first-order valence-corrected chi connectivity index (χ1v) is 7.26. The predicted octanol–water partition coefficient (Wildman–Crippen LogP) is 2.87. The van der Waals surface area contributed by atoms with E-state index in [1.165, 1.54) is 5.69 Å². The molecule has 19 heavy (non-hydrogen) atoms. The van der Waals surface area contributed by atoms with E-state index in [2.05, 4.69) is 45.0 Å². The molecule has 4 nitrogen and oxygen atoms in total. The third kappa shape index (κ3) is 4.23. The van der Waals surface area contributed by atoms with Crippen molar-refractivity contribution in [1.29, 1.82) is 0 Å². The van der Waals surface area contributed by atoms with Gasteiger partial charge in [-0.1, -0.05) is 27.7 Å². The zero-order valence-corrected chi connectivity index (χ0v) is 13.3. The van der Waals surface area contributed by atoms with Crippen molar-refractivity contribution >= 4 is 0 Å². The van der Waals surface area contributed by atoms with E-state index in [0.717, 1.165) is 31.7 Å². The van der Waals surface area contributed by atoms with Gasteiger partial charge in [0.15, 0.2) is 5.75 Å². The van der Waals surface area contributed by atoms with Crippen LogP contribution in [0.2, 0.25) is 0 Å². The number of hydrogen-bond donors (Lipinski definition) is 1. The van der Waals surface area contributed by atoms with Crippen LogP contribution in [0.3, 0.4) is 0 Å². The number of aryl methyl sites for hydroxylation is 1. The second kappa shape index (κ2) is 6.94. The van der Waals surface area contributed by atoms with Gasteiger partial charge in [-0.3, -0.25) is 4.68 Å². The molecule has 0 aliphatic rings. The Labute approximate surface area is 117 Å². The summed E-state index contributed by atoms with van der Waals surface area (Å²) in [6, 6.07) is 0.502. The smallest absolute Gasteiger partial charge is 0.159 e. The van der Waals surface area contributed by atoms with Crippen molar-refractivity contribution in [3.05, 3.63) is 11.9 Å². The number of ether oxygens (including phenoxy) is 1. The van der Waals surface area contributed by atoms with E-state index in [9.17, 15) is 0 Å². The molecule has 0 amide bonds. The number of nitrogens with one attached hydrogen (secondary N) is 1. The molecule has 0 saturated heterocycles. The van der Waals surface area contributed by atoms with Crippen LogP contribution in [0.5, 0.6) is 5.75 Å². The molecular weight excluding hydrogens is 238 g/mol. The fraction of sp³-hybridized carbons (Fsp3) is 0.800. The van der Waals surface area contributed by atoms with Gasteiger partial charge in [0.05, 0.1) is 19.0 Å². The Bertz CT molecular complexity index is 358. The second-order valence-corrected chi connectivity index (χ2v) is 5.99. The summed E-state index contributed by atoms with van der Waals surface area (Å²) in [5.41, 5.74) is 1.47. The summed E-state index contributed by atoms with van der Waals surface area (Å²) < 4.78 is 7.43. The number of hydrogen-bond acceptors (Lipinski definition) is 3. The molecule has 0 aliphatic carbocycles. The van der Waals surface area contributed by atoms with Crippen LogP contribution in [0, 0.1) is 5.41 Å². The van der Waals surface area contributed by atoms with Crippen LogP contribution in [-0.2, 0) is 13.0 Å². The number of nitrogens with zero attached hydrogens (tertiary/aromatic N) is 2. The minimum absolute atomic E-state index is 0.264. The molecule has 1 rings (SSSR count). The molecule has 0 aliphatic heterocycles. The van der Waals surface area contributed by atoms with Crippen molar-refractivity contribution in [3.8, 4) is 5.75 Å². The molecule has 4 heteroatoms. The molecule has 1 heterocycles. The van der Waals surface area contributed by atoms with Gasteiger partial charge in [-0.2, -0.15) is 5.10 Å². The predicted molar refractivity (Wildman–Crippen MR) is 79.7 cm³/mol. The summed E-state index contributed by atoms with van der Waals surface area (Å²) >= 11 is 0. The quantitative estimate of drug-likeness (QED) is 0.825. The van der Waals surface area contributed by atoms with Crippen molar-refractivity contribution in [3.63, 3.8) is 0 Å². The van der Waals surface area contributed by atoms with Crippen molar-refractivity contribution in [1.82, 2.24) is 15.1 Å². The van der Waals surface area contributed by atoms with Crippen molar-refractivity contribution in [2.45, 2.75) is 60.0 Å². The maximum Gasteiger partial charge on any atom is 0.159 e. The zero-order chi connectivity index (χ0) is 14.5. The van der Waals surface area contributed by atoms with E-state index in [1.54, 1.807) is 7.11 Å². The lowest BCUT2D eigenvalue weighted by atomic mass is 9.83. The summed E-state index contributed by atoms with van der Waals surface area (Å²) in [5, 5.41) is 7.95. The highest BCUT2D eigenvalue weighted by Gasteiger charge is 2.24. The molecule has 0 aromatic carbocycles. The Hall–Kier alpha value is -1.03. The summed E-state index contributed by atoms with van der Waals surface area (Å²) in [6.45, 7) is 13.0. The first kappa shape index (κ1) is 16.0. The average molecular weight is 267 g/mol. The Morgan fingerprint density at radius 3 is 2.53 bits per heavy atom. The topological polar surface area (TPSA) is 39.1 Å². The van der Waals surface area contributed by atoms with E-state index in [-0.39, 0.29) is 5.41 Å². The van der Waals surface area contributed by atoms with Gasteiger partial charge < -0.3 is 10.1 Å². The fourth-order valence-corrected chi connectivity index (χ4v) is 2.46. The molecule has 1 aromatic rings. The molecule has 1 aromatic heterocycles. The van der Waals surface area contributed by atoms with Crippen LogP contribution >= 0.6 is 0 Å². The van der Waals surface area contributed by atoms with Gasteiger partial charge in [0.1, 0.15) is 0 Å². The Kier molecular flexibility index (Phi) is 5.85. The molecule has 110 valence electrons. The van der Waals surface area contributed by atoms with Gasteiger partial charge in [-0.25, -0.2) is 0 Å². The fourth-order valence-electron chi connectivity index (χ4n) is 2.46. The summed E-state index contributed by atoms with van der Waals surface area (Å²) in [7, 11) is 1.71. The maximum atomic E-state index is 5.40. The number of methoxy groups -OCH3 is 1. The zero-order valence-electron chi connectivity index (χ0n) is 13.3. The van der Waals surface area contributed by atoms with Gasteiger partial charge in [0.2, 0.25) is 0 Å². The average Bonchev–Trinajstić information content (AvgIpc) is 2.75. The highest BCUT2D eigenvalue weighted by atomic mass is 16.5. The van der Waals surface area contributed by atoms with Crippen LogP contribution in [0.25, 0.3) is 0 Å². The van der Waals surface area contributed by atoms with Gasteiger partial charge in [0, 0.05) is 12.6 Å². The van der Waals surface area contributed by atoms with Crippen LogP contribution in [-0.4, -0.2) is 29.5 Å². The SMILES string of the molecule is CCNC(CCc1c(OC)cnn1CC)C(C)(C)C. The minimum Gasteiger partial charge on any atom is -0.493 e. The van der Waals surface area contributed by atoms with E-state index >= 15 is 0 Å². The molecule has 1 unspecified atom stereocenters. The highest BCUT2D eigenvalue weighted by molar-refractivity contribution is 5.25. The summed E-state index contributed by atoms with van der Waals surface area (Å²) in [4.78, 5) is 0. The van der Waals surface area contributed by atoms with Crippen LogP contribution < -0.4 is 10.1 Å². The third-order valence-electron chi connectivity index (χ3n) is 3.60. The monoisotopic (exact) mass is 267 g/mol. The normalized spacial score (nSPS) is 13.6. The summed E-state index contributed by atoms with van der Waals surface area (Å²) in [6.07, 6.45) is 3.91. The lowest BCUT2D eigenvalue weighted by molar-refractivity contribution is 0.256. The molecule has 0 spiro atoms. The number of rotatable bonds is 7. The van der Waals surface area contributed by atoms with E-state index in [4.69, 9.17) is 4.74 Å². The van der Waals surface area contributed by atoms with Crippen molar-refractivity contribution in [2.75, 3.05) is 13.7 Å². The lowest BCUT2D eigenvalue weighted by Gasteiger charge is -2.31. The first-order valence-electron chi connectivity index (χ1n) is 7.26. The molecule has 0 fully saturated rings. The van der Waals surface area contributed by atoms with Crippen LogP contribution in [0.15, 0.2) is 6.20 Å². The van der Waals surface area contributed by atoms with Crippen LogP contribution in [0.1, 0.15) is 46.7 Å². The summed E-state index contributed by atoms with van der Waals surface area (Å²) in [5.74, 6) is 0.908. The standard InChI is InChI=1S/C15H29N3O/c1-7-16-14(15(3,4)5)10-9-12-13(19-6)11-17-18(12)8-2/h11,14,16H,7-10H2,1-6H3. The first-order chi connectivity index (χ1) is 8.93. The third-order valence-corrected chi connectivity index (χ3v) is 3.60. The molecule has 0 saturated carbocycles. The largest absolute Gasteiger partial charge is 0.493 e. The molecule has 0 radical (unpaired) electrons. The lowest BCUT2D eigenvalue weighted by Crippen LogP contribution is -2.40.